The summed E-state index contributed by atoms with van der Waals surface area (Å²) in [6.45, 7) is 3.97. The van der Waals surface area contributed by atoms with Crippen molar-refractivity contribution in [2.24, 2.45) is 5.41 Å². The molecule has 2 fully saturated rings. The fourth-order valence-corrected chi connectivity index (χ4v) is 4.83. The maximum Gasteiger partial charge on any atom is 0.0701 e. The second-order valence-electron chi connectivity index (χ2n) is 5.41. The van der Waals surface area contributed by atoms with Gasteiger partial charge in [-0.25, -0.2) is 0 Å². The minimum Gasteiger partial charge on any atom is -0.378 e. The smallest absolute Gasteiger partial charge is 0.0701 e. The van der Waals surface area contributed by atoms with Crippen molar-refractivity contribution in [1.82, 2.24) is 5.32 Å². The zero-order valence-electron chi connectivity index (χ0n) is 10.7. The lowest BCUT2D eigenvalue weighted by Crippen LogP contribution is -2.66. The Bertz CT molecular complexity index is 416. The third-order valence-corrected chi connectivity index (χ3v) is 6.21. The Hall–Kier alpha value is 0.1000. The molecule has 0 bridgehead atoms. The third-order valence-electron chi connectivity index (χ3n) is 4.59. The van der Waals surface area contributed by atoms with Crippen LogP contribution in [-0.2, 0) is 11.3 Å². The van der Waals surface area contributed by atoms with Gasteiger partial charge in [0.15, 0.2) is 0 Å². The molecule has 100 valence electrons. The van der Waals surface area contributed by atoms with Crippen LogP contribution in [0.25, 0.3) is 0 Å². The summed E-state index contributed by atoms with van der Waals surface area (Å²) in [5.41, 5.74) is 0.477. The van der Waals surface area contributed by atoms with Gasteiger partial charge in [0.05, 0.1) is 9.89 Å². The Morgan fingerprint density at radius 1 is 1.50 bits per heavy atom. The Kier molecular flexibility index (Phi) is 3.81. The van der Waals surface area contributed by atoms with Gasteiger partial charge in [-0.1, -0.05) is 6.42 Å². The highest BCUT2D eigenvalue weighted by molar-refractivity contribution is 9.11. The van der Waals surface area contributed by atoms with Crippen LogP contribution >= 0.6 is 27.3 Å². The average Bonchev–Trinajstić information content (AvgIpc) is 2.66. The van der Waals surface area contributed by atoms with Crippen molar-refractivity contribution in [3.05, 3.63) is 20.8 Å². The molecule has 2 aliphatic rings. The molecule has 1 spiro atoms. The molecule has 18 heavy (non-hydrogen) atoms. The molecular formula is C14H20BrNOS. The van der Waals surface area contributed by atoms with Crippen molar-refractivity contribution in [3.63, 3.8) is 0 Å². The van der Waals surface area contributed by atoms with Crippen molar-refractivity contribution in [3.8, 4) is 0 Å². The zero-order chi connectivity index (χ0) is 12.6. The van der Waals surface area contributed by atoms with Crippen LogP contribution in [0.15, 0.2) is 15.9 Å². The Labute approximate surface area is 121 Å². The van der Waals surface area contributed by atoms with Crippen molar-refractivity contribution >= 4 is 27.3 Å². The van der Waals surface area contributed by atoms with Crippen LogP contribution in [0.3, 0.4) is 0 Å². The Morgan fingerprint density at radius 3 is 2.89 bits per heavy atom. The van der Waals surface area contributed by atoms with Gasteiger partial charge in [-0.3, -0.25) is 0 Å². The van der Waals surface area contributed by atoms with E-state index in [0.717, 1.165) is 13.2 Å². The van der Waals surface area contributed by atoms with Gasteiger partial charge >= 0.3 is 0 Å². The first-order chi connectivity index (χ1) is 8.74. The highest BCUT2D eigenvalue weighted by atomic mass is 79.9. The van der Waals surface area contributed by atoms with E-state index in [1.165, 1.54) is 34.3 Å². The quantitative estimate of drug-likeness (QED) is 0.883. The maximum absolute atomic E-state index is 5.88. The van der Waals surface area contributed by atoms with Gasteiger partial charge in [-0.05, 0) is 54.2 Å². The topological polar surface area (TPSA) is 21.3 Å². The maximum atomic E-state index is 5.88. The van der Waals surface area contributed by atoms with Gasteiger partial charge in [0, 0.05) is 29.5 Å². The molecule has 0 radical (unpaired) electrons. The second-order valence-corrected chi connectivity index (χ2v) is 7.95. The molecule has 3 rings (SSSR count). The number of halogens is 1. The first-order valence-corrected chi connectivity index (χ1v) is 8.45. The Morgan fingerprint density at radius 2 is 2.33 bits per heavy atom. The lowest BCUT2D eigenvalue weighted by molar-refractivity contribution is -0.173. The fourth-order valence-electron chi connectivity index (χ4n) is 3.40. The molecule has 2 unspecified atom stereocenters. The highest BCUT2D eigenvalue weighted by Gasteiger charge is 2.58. The summed E-state index contributed by atoms with van der Waals surface area (Å²) in [6.07, 6.45) is 5.79. The third kappa shape index (κ3) is 2.17. The lowest BCUT2D eigenvalue weighted by Gasteiger charge is -2.61. The molecular weight excluding hydrogens is 310 g/mol. The van der Waals surface area contributed by atoms with Crippen LogP contribution in [0.2, 0.25) is 0 Å². The first-order valence-electron chi connectivity index (χ1n) is 6.84. The number of thiophene rings is 1. The van der Waals surface area contributed by atoms with E-state index in [-0.39, 0.29) is 0 Å². The van der Waals surface area contributed by atoms with Gasteiger partial charge in [0.1, 0.15) is 0 Å². The van der Waals surface area contributed by atoms with E-state index in [9.17, 15) is 0 Å². The van der Waals surface area contributed by atoms with Gasteiger partial charge < -0.3 is 10.1 Å². The van der Waals surface area contributed by atoms with Crippen molar-refractivity contribution in [2.75, 3.05) is 6.61 Å². The van der Waals surface area contributed by atoms with Crippen LogP contribution in [0.4, 0.5) is 0 Å². The normalized spacial score (nSPS) is 29.0. The van der Waals surface area contributed by atoms with Crippen LogP contribution in [0.1, 0.15) is 37.5 Å². The van der Waals surface area contributed by atoms with Crippen LogP contribution in [0, 0.1) is 5.41 Å². The molecule has 0 aromatic carbocycles. The summed E-state index contributed by atoms with van der Waals surface area (Å²) in [5.74, 6) is 0. The zero-order valence-corrected chi connectivity index (χ0v) is 13.1. The molecule has 1 N–H and O–H groups in total. The summed E-state index contributed by atoms with van der Waals surface area (Å²) in [7, 11) is 0. The van der Waals surface area contributed by atoms with E-state index in [1.54, 1.807) is 0 Å². The lowest BCUT2D eigenvalue weighted by atomic mass is 9.51. The number of ether oxygens (including phenoxy) is 1. The fraction of sp³-hybridized carbons (Fsp3) is 0.714. The summed E-state index contributed by atoms with van der Waals surface area (Å²) in [4.78, 5) is 1.41. The van der Waals surface area contributed by atoms with Crippen molar-refractivity contribution in [1.29, 1.82) is 0 Å². The standard InChI is InChI=1S/C14H20BrNOS/c1-2-17-12-8-11(14(12)6-3-7-14)16-9-10-4-5-13(15)18-10/h4-5,11-12,16H,2-3,6-9H2,1H3. The van der Waals surface area contributed by atoms with Gasteiger partial charge in [0.2, 0.25) is 0 Å². The molecule has 0 amide bonds. The molecule has 2 nitrogen and oxygen atoms in total. The van der Waals surface area contributed by atoms with E-state index >= 15 is 0 Å². The monoisotopic (exact) mass is 329 g/mol. The minimum absolute atomic E-state index is 0.477. The van der Waals surface area contributed by atoms with Crippen LogP contribution in [0.5, 0.6) is 0 Å². The Balaban J connectivity index is 1.55. The molecule has 2 atom stereocenters. The van der Waals surface area contributed by atoms with Gasteiger partial charge in [-0.15, -0.1) is 11.3 Å². The predicted octanol–water partition coefficient (Wildman–Crippen LogP) is 3.95. The van der Waals surface area contributed by atoms with Gasteiger partial charge in [-0.2, -0.15) is 0 Å². The number of nitrogens with one attached hydrogen (secondary N) is 1. The van der Waals surface area contributed by atoms with E-state index in [0.29, 0.717) is 17.6 Å². The number of rotatable bonds is 5. The van der Waals surface area contributed by atoms with Crippen molar-refractivity contribution in [2.45, 2.75) is 51.3 Å². The summed E-state index contributed by atoms with van der Waals surface area (Å²) in [6, 6.07) is 5.00. The summed E-state index contributed by atoms with van der Waals surface area (Å²) >= 11 is 5.34. The average molecular weight is 330 g/mol. The SMILES string of the molecule is CCOC1CC(NCc2ccc(Br)s2)C12CCC2. The first kappa shape index (κ1) is 13.1. The molecule has 0 aliphatic heterocycles. The minimum atomic E-state index is 0.477. The molecule has 2 aliphatic carbocycles. The molecule has 2 saturated carbocycles. The van der Waals surface area contributed by atoms with Gasteiger partial charge in [0.25, 0.3) is 0 Å². The number of hydrogen-bond acceptors (Lipinski definition) is 3. The molecule has 4 heteroatoms. The molecule has 0 saturated heterocycles. The van der Waals surface area contributed by atoms with Crippen LogP contribution < -0.4 is 5.32 Å². The molecule has 1 aromatic heterocycles. The van der Waals surface area contributed by atoms with E-state index in [2.05, 4.69) is 40.3 Å². The number of hydrogen-bond donors (Lipinski definition) is 1. The van der Waals surface area contributed by atoms with Crippen molar-refractivity contribution < 1.29 is 4.74 Å². The van der Waals surface area contributed by atoms with E-state index in [1.807, 2.05) is 11.3 Å². The van der Waals surface area contributed by atoms with E-state index < -0.39 is 0 Å². The summed E-state index contributed by atoms with van der Waals surface area (Å²) < 4.78 is 7.10. The second kappa shape index (κ2) is 5.23. The summed E-state index contributed by atoms with van der Waals surface area (Å²) in [5, 5.41) is 3.74. The largest absolute Gasteiger partial charge is 0.378 e. The molecule has 1 heterocycles. The molecule has 1 aromatic rings. The van der Waals surface area contributed by atoms with Crippen LogP contribution in [-0.4, -0.2) is 18.8 Å². The van der Waals surface area contributed by atoms with E-state index in [4.69, 9.17) is 4.74 Å². The highest BCUT2D eigenvalue weighted by Crippen LogP contribution is 2.57. The predicted molar refractivity (Wildman–Crippen MR) is 79.0 cm³/mol.